The van der Waals surface area contributed by atoms with E-state index in [4.69, 9.17) is 21.1 Å². The molecule has 0 radical (unpaired) electrons. The summed E-state index contributed by atoms with van der Waals surface area (Å²) in [6.07, 6.45) is -1.31. The van der Waals surface area contributed by atoms with Gasteiger partial charge in [0.1, 0.15) is 5.75 Å². The molecular weight excluding hydrogens is 354 g/mol. The molecule has 0 heterocycles. The summed E-state index contributed by atoms with van der Waals surface area (Å²) in [6.45, 7) is 5.18. The van der Waals surface area contributed by atoms with E-state index in [1.165, 1.54) is 6.92 Å². The molecule has 2 aromatic rings. The Labute approximate surface area is 158 Å². The van der Waals surface area contributed by atoms with Gasteiger partial charge in [0.2, 0.25) is 0 Å². The molecule has 0 spiro atoms. The molecule has 2 atom stereocenters. The fourth-order valence-electron chi connectivity index (χ4n) is 2.23. The van der Waals surface area contributed by atoms with Gasteiger partial charge in [-0.05, 0) is 50.1 Å². The first kappa shape index (κ1) is 19.8. The van der Waals surface area contributed by atoms with Crippen LogP contribution in [0.25, 0.3) is 0 Å². The molecule has 1 N–H and O–H groups in total. The lowest BCUT2D eigenvalue weighted by atomic mass is 10.2. The zero-order chi connectivity index (χ0) is 19.1. The average molecular weight is 376 g/mol. The number of halogens is 1. The summed E-state index contributed by atoms with van der Waals surface area (Å²) in [6, 6.07) is 14.2. The number of esters is 1. The van der Waals surface area contributed by atoms with Crippen LogP contribution in [0.3, 0.4) is 0 Å². The number of carbonyl (C=O) groups excluding carboxylic acids is 2. The first-order valence-corrected chi connectivity index (χ1v) is 8.77. The fraction of sp³-hybridized carbons (Fsp3) is 0.300. The van der Waals surface area contributed by atoms with Crippen LogP contribution in [0.2, 0.25) is 5.02 Å². The zero-order valence-corrected chi connectivity index (χ0v) is 15.7. The van der Waals surface area contributed by atoms with Crippen molar-refractivity contribution in [3.63, 3.8) is 0 Å². The van der Waals surface area contributed by atoms with Crippen LogP contribution < -0.4 is 10.1 Å². The second-order valence-electron chi connectivity index (χ2n) is 5.86. The molecule has 2 aromatic carbocycles. The molecule has 0 saturated carbocycles. The highest BCUT2D eigenvalue weighted by Crippen LogP contribution is 2.20. The van der Waals surface area contributed by atoms with Crippen LogP contribution in [-0.4, -0.2) is 24.1 Å². The van der Waals surface area contributed by atoms with Crippen LogP contribution >= 0.6 is 11.6 Å². The summed E-state index contributed by atoms with van der Waals surface area (Å²) in [5, 5.41) is 3.23. The molecule has 0 aliphatic carbocycles. The lowest BCUT2D eigenvalue weighted by molar-refractivity contribution is -0.160. The third-order valence-corrected chi connectivity index (χ3v) is 4.01. The summed E-state index contributed by atoms with van der Waals surface area (Å²) in [4.78, 5) is 24.6. The molecule has 1 amide bonds. The molecule has 0 saturated heterocycles. The van der Waals surface area contributed by atoms with Crippen LogP contribution in [0.15, 0.2) is 48.5 Å². The van der Waals surface area contributed by atoms with Gasteiger partial charge in [0.15, 0.2) is 12.2 Å². The zero-order valence-electron chi connectivity index (χ0n) is 15.0. The summed E-state index contributed by atoms with van der Waals surface area (Å²) >= 11 is 5.95. The Morgan fingerprint density at radius 2 is 1.85 bits per heavy atom. The normalized spacial score (nSPS) is 12.8. The van der Waals surface area contributed by atoms with Crippen molar-refractivity contribution >= 4 is 29.2 Å². The number of hydrogen-bond acceptors (Lipinski definition) is 4. The van der Waals surface area contributed by atoms with E-state index in [1.807, 2.05) is 32.0 Å². The quantitative estimate of drug-likeness (QED) is 0.729. The van der Waals surface area contributed by atoms with Gasteiger partial charge in [-0.2, -0.15) is 0 Å². The second-order valence-corrected chi connectivity index (χ2v) is 6.29. The number of aryl methyl sites for hydroxylation is 1. The van der Waals surface area contributed by atoms with E-state index in [2.05, 4.69) is 5.32 Å². The van der Waals surface area contributed by atoms with Crippen LogP contribution in [0, 0.1) is 6.92 Å². The summed E-state index contributed by atoms with van der Waals surface area (Å²) in [5.41, 5.74) is 1.44. The van der Waals surface area contributed by atoms with Crippen molar-refractivity contribution in [2.45, 2.75) is 39.4 Å². The molecule has 138 valence electrons. The number of ether oxygens (including phenoxy) is 2. The van der Waals surface area contributed by atoms with E-state index in [-0.39, 0.29) is 0 Å². The first-order chi connectivity index (χ1) is 12.4. The molecular formula is C20H22ClNO4. The van der Waals surface area contributed by atoms with Crippen LogP contribution in [-0.2, 0) is 14.3 Å². The molecule has 26 heavy (non-hydrogen) atoms. The maximum Gasteiger partial charge on any atom is 0.348 e. The molecule has 0 unspecified atom stereocenters. The van der Waals surface area contributed by atoms with Crippen molar-refractivity contribution in [2.75, 3.05) is 5.32 Å². The van der Waals surface area contributed by atoms with E-state index in [1.54, 1.807) is 30.3 Å². The summed E-state index contributed by atoms with van der Waals surface area (Å²) in [7, 11) is 0. The van der Waals surface area contributed by atoms with Gasteiger partial charge in [0, 0.05) is 10.7 Å². The maximum atomic E-state index is 12.3. The average Bonchev–Trinajstić information content (AvgIpc) is 2.63. The lowest BCUT2D eigenvalue weighted by Crippen LogP contribution is -2.36. The molecule has 0 fully saturated rings. The van der Waals surface area contributed by atoms with Gasteiger partial charge in [0.05, 0.1) is 0 Å². The highest BCUT2D eigenvalue weighted by Gasteiger charge is 2.25. The smallest absolute Gasteiger partial charge is 0.348 e. The number of amides is 1. The summed E-state index contributed by atoms with van der Waals surface area (Å²) in [5.74, 6) is -0.442. The molecule has 6 heteroatoms. The number of hydrogen-bond donors (Lipinski definition) is 1. The fourth-order valence-corrected chi connectivity index (χ4v) is 2.40. The van der Waals surface area contributed by atoms with E-state index >= 15 is 0 Å². The number of nitrogens with one attached hydrogen (secondary N) is 1. The molecule has 0 aromatic heterocycles. The lowest BCUT2D eigenvalue weighted by Gasteiger charge is -2.20. The molecule has 0 aliphatic rings. The third-order valence-electron chi connectivity index (χ3n) is 3.77. The van der Waals surface area contributed by atoms with E-state index in [0.717, 1.165) is 5.56 Å². The monoisotopic (exact) mass is 375 g/mol. The minimum atomic E-state index is -0.964. The van der Waals surface area contributed by atoms with Crippen molar-refractivity contribution in [1.29, 1.82) is 0 Å². The number of benzene rings is 2. The van der Waals surface area contributed by atoms with Crippen LogP contribution in [0.5, 0.6) is 5.75 Å². The highest BCUT2D eigenvalue weighted by molar-refractivity contribution is 6.31. The van der Waals surface area contributed by atoms with Gasteiger partial charge >= 0.3 is 5.97 Å². The van der Waals surface area contributed by atoms with Crippen LogP contribution in [0.1, 0.15) is 25.8 Å². The Kier molecular flexibility index (Phi) is 7.04. The number of carbonyl (C=O) groups is 2. The molecule has 2 rings (SSSR count). The largest absolute Gasteiger partial charge is 0.479 e. The summed E-state index contributed by atoms with van der Waals surface area (Å²) < 4.78 is 10.9. The van der Waals surface area contributed by atoms with Crippen molar-refractivity contribution in [3.05, 3.63) is 59.1 Å². The van der Waals surface area contributed by atoms with Crippen molar-refractivity contribution in [3.8, 4) is 5.75 Å². The standard InChI is InChI=1S/C20H22ClNO4/c1-4-18(26-16-8-6-5-7-9-16)20(24)25-14(3)19(23)22-17-12-15(21)11-10-13(17)2/h5-12,14,18H,4H2,1-3H3,(H,22,23)/t14-,18-/m1/s1. The van der Waals surface area contributed by atoms with Crippen molar-refractivity contribution in [2.24, 2.45) is 0 Å². The molecule has 5 nitrogen and oxygen atoms in total. The minimum Gasteiger partial charge on any atom is -0.479 e. The Balaban J connectivity index is 1.96. The molecule has 0 aliphatic heterocycles. The van der Waals surface area contributed by atoms with Gasteiger partial charge in [-0.3, -0.25) is 4.79 Å². The predicted molar refractivity (Wildman–Crippen MR) is 102 cm³/mol. The van der Waals surface area contributed by atoms with Gasteiger partial charge < -0.3 is 14.8 Å². The SMILES string of the molecule is CC[C@@H](Oc1ccccc1)C(=O)O[C@H](C)C(=O)Nc1cc(Cl)ccc1C. The third kappa shape index (κ3) is 5.49. The van der Waals surface area contributed by atoms with Gasteiger partial charge in [-0.15, -0.1) is 0 Å². The van der Waals surface area contributed by atoms with E-state index in [0.29, 0.717) is 22.9 Å². The number of para-hydroxylation sites is 1. The first-order valence-electron chi connectivity index (χ1n) is 8.40. The van der Waals surface area contributed by atoms with Crippen LogP contribution in [0.4, 0.5) is 5.69 Å². The van der Waals surface area contributed by atoms with Crippen molar-refractivity contribution in [1.82, 2.24) is 0 Å². The Hall–Kier alpha value is -2.53. The highest BCUT2D eigenvalue weighted by atomic mass is 35.5. The van der Waals surface area contributed by atoms with Gasteiger partial charge in [0.25, 0.3) is 5.91 Å². The topological polar surface area (TPSA) is 64.6 Å². The molecule has 0 bridgehead atoms. The Bertz CT molecular complexity index is 764. The van der Waals surface area contributed by atoms with Crippen molar-refractivity contribution < 1.29 is 19.1 Å². The predicted octanol–water partition coefficient (Wildman–Crippen LogP) is 4.38. The minimum absolute atomic E-state index is 0.426. The Morgan fingerprint density at radius 1 is 1.15 bits per heavy atom. The van der Waals surface area contributed by atoms with E-state index < -0.39 is 24.1 Å². The second kappa shape index (κ2) is 9.25. The van der Waals surface area contributed by atoms with Gasteiger partial charge in [-0.1, -0.05) is 42.8 Å². The Morgan fingerprint density at radius 3 is 2.50 bits per heavy atom. The number of rotatable bonds is 7. The van der Waals surface area contributed by atoms with Gasteiger partial charge in [-0.25, -0.2) is 4.79 Å². The van der Waals surface area contributed by atoms with E-state index in [9.17, 15) is 9.59 Å². The number of anilines is 1. The maximum absolute atomic E-state index is 12.3.